The molecule has 0 atom stereocenters. The van der Waals surface area contributed by atoms with Gasteiger partial charge in [0.2, 0.25) is 0 Å². The SMILES string of the molecule is CCc1cnc(CNC(=NC)NCc2nccs2)s1. The molecule has 0 aliphatic heterocycles. The van der Waals surface area contributed by atoms with E-state index in [2.05, 4.69) is 32.5 Å². The number of nitrogens with zero attached hydrogens (tertiary/aromatic N) is 3. The van der Waals surface area contributed by atoms with E-state index >= 15 is 0 Å². The quantitative estimate of drug-likeness (QED) is 0.654. The number of rotatable bonds is 5. The van der Waals surface area contributed by atoms with Crippen LogP contribution in [-0.2, 0) is 19.5 Å². The van der Waals surface area contributed by atoms with Gasteiger partial charge in [0.05, 0.1) is 13.1 Å². The van der Waals surface area contributed by atoms with E-state index in [0.717, 1.165) is 22.4 Å². The van der Waals surface area contributed by atoms with Crippen molar-refractivity contribution < 1.29 is 0 Å². The van der Waals surface area contributed by atoms with Gasteiger partial charge in [0, 0.05) is 29.7 Å². The average molecular weight is 295 g/mol. The Hall–Kier alpha value is -1.47. The summed E-state index contributed by atoms with van der Waals surface area (Å²) in [5, 5.41) is 10.6. The lowest BCUT2D eigenvalue weighted by Crippen LogP contribution is -2.36. The van der Waals surface area contributed by atoms with Gasteiger partial charge in [0.15, 0.2) is 5.96 Å². The van der Waals surface area contributed by atoms with E-state index in [-0.39, 0.29) is 0 Å². The van der Waals surface area contributed by atoms with Gasteiger partial charge in [-0.25, -0.2) is 9.97 Å². The molecule has 0 aliphatic rings. The largest absolute Gasteiger partial charge is 0.350 e. The molecule has 5 nitrogen and oxygen atoms in total. The summed E-state index contributed by atoms with van der Waals surface area (Å²) in [6, 6.07) is 0. The summed E-state index contributed by atoms with van der Waals surface area (Å²) >= 11 is 3.36. The molecule has 7 heteroatoms. The highest BCUT2D eigenvalue weighted by molar-refractivity contribution is 7.11. The second-order valence-electron chi connectivity index (χ2n) is 3.78. The van der Waals surface area contributed by atoms with Gasteiger partial charge < -0.3 is 10.6 Å². The molecule has 2 N–H and O–H groups in total. The van der Waals surface area contributed by atoms with E-state index in [0.29, 0.717) is 13.1 Å². The first-order chi connectivity index (χ1) is 9.31. The molecule has 0 unspecified atom stereocenters. The zero-order valence-electron chi connectivity index (χ0n) is 11.0. The maximum atomic E-state index is 4.37. The molecular weight excluding hydrogens is 278 g/mol. The van der Waals surface area contributed by atoms with Crippen molar-refractivity contribution in [3.63, 3.8) is 0 Å². The fourth-order valence-corrected chi connectivity index (χ4v) is 2.83. The van der Waals surface area contributed by atoms with E-state index in [1.54, 1.807) is 35.9 Å². The Labute approximate surface area is 120 Å². The number of aliphatic imine (C=N–C) groups is 1. The molecule has 0 saturated carbocycles. The summed E-state index contributed by atoms with van der Waals surface area (Å²) in [6.45, 7) is 3.52. The van der Waals surface area contributed by atoms with Gasteiger partial charge in [-0.3, -0.25) is 4.99 Å². The van der Waals surface area contributed by atoms with E-state index in [9.17, 15) is 0 Å². The third-order valence-electron chi connectivity index (χ3n) is 2.47. The summed E-state index contributed by atoms with van der Waals surface area (Å²) in [7, 11) is 1.76. The number of aromatic nitrogens is 2. The van der Waals surface area contributed by atoms with Gasteiger partial charge in [0.25, 0.3) is 0 Å². The van der Waals surface area contributed by atoms with Gasteiger partial charge in [-0.05, 0) is 6.42 Å². The minimum atomic E-state index is 0.690. The van der Waals surface area contributed by atoms with Crippen molar-refractivity contribution in [3.8, 4) is 0 Å². The van der Waals surface area contributed by atoms with Crippen LogP contribution in [0.5, 0.6) is 0 Å². The van der Waals surface area contributed by atoms with Crippen LogP contribution in [0.25, 0.3) is 0 Å². The van der Waals surface area contributed by atoms with Crippen molar-refractivity contribution in [1.29, 1.82) is 0 Å². The molecule has 0 bridgehead atoms. The van der Waals surface area contributed by atoms with Crippen LogP contribution in [0.4, 0.5) is 0 Å². The first-order valence-corrected chi connectivity index (χ1v) is 7.78. The lowest BCUT2D eigenvalue weighted by Gasteiger charge is -2.09. The molecule has 0 amide bonds. The van der Waals surface area contributed by atoms with Gasteiger partial charge in [-0.15, -0.1) is 22.7 Å². The van der Waals surface area contributed by atoms with Crippen LogP contribution >= 0.6 is 22.7 Å². The summed E-state index contributed by atoms with van der Waals surface area (Å²) in [5.41, 5.74) is 0. The number of hydrogen-bond acceptors (Lipinski definition) is 5. The molecule has 0 aromatic carbocycles. The molecule has 0 spiro atoms. The average Bonchev–Trinajstić information content (AvgIpc) is 3.10. The molecule has 0 fully saturated rings. The lowest BCUT2D eigenvalue weighted by atomic mass is 10.4. The van der Waals surface area contributed by atoms with Crippen molar-refractivity contribution in [3.05, 3.63) is 32.7 Å². The third-order valence-corrected chi connectivity index (χ3v) is 4.39. The smallest absolute Gasteiger partial charge is 0.191 e. The molecule has 2 aromatic rings. The molecule has 2 aromatic heterocycles. The van der Waals surface area contributed by atoms with Crippen LogP contribution in [0.15, 0.2) is 22.8 Å². The minimum Gasteiger partial charge on any atom is -0.350 e. The van der Waals surface area contributed by atoms with E-state index in [4.69, 9.17) is 0 Å². The number of guanidine groups is 1. The topological polar surface area (TPSA) is 62.2 Å². The van der Waals surface area contributed by atoms with Crippen LogP contribution in [0, 0.1) is 0 Å². The lowest BCUT2D eigenvalue weighted by molar-refractivity contribution is 0.801. The predicted molar refractivity (Wildman–Crippen MR) is 80.6 cm³/mol. The predicted octanol–water partition coefficient (Wildman–Crippen LogP) is 2.03. The molecule has 19 heavy (non-hydrogen) atoms. The van der Waals surface area contributed by atoms with Crippen molar-refractivity contribution in [2.24, 2.45) is 4.99 Å². The highest BCUT2D eigenvalue weighted by Crippen LogP contribution is 2.12. The monoisotopic (exact) mass is 295 g/mol. The highest BCUT2D eigenvalue weighted by Gasteiger charge is 2.03. The summed E-state index contributed by atoms with van der Waals surface area (Å²) in [6.07, 6.45) is 4.78. The summed E-state index contributed by atoms with van der Waals surface area (Å²) < 4.78 is 0. The number of aryl methyl sites for hydroxylation is 1. The standard InChI is InChI=1S/C12H17N5S2/c1-3-9-6-15-11(19-9)8-17-12(13-2)16-7-10-14-4-5-18-10/h4-6H,3,7-8H2,1-2H3,(H2,13,16,17). The van der Waals surface area contributed by atoms with E-state index in [1.165, 1.54) is 4.88 Å². The van der Waals surface area contributed by atoms with Gasteiger partial charge in [-0.1, -0.05) is 6.92 Å². The second-order valence-corrected chi connectivity index (χ2v) is 5.96. The molecular formula is C12H17N5S2. The van der Waals surface area contributed by atoms with Crippen LogP contribution < -0.4 is 10.6 Å². The van der Waals surface area contributed by atoms with Crippen LogP contribution in [0.3, 0.4) is 0 Å². The molecule has 0 radical (unpaired) electrons. The normalized spacial score (nSPS) is 11.6. The molecule has 2 rings (SSSR count). The van der Waals surface area contributed by atoms with Crippen molar-refractivity contribution in [1.82, 2.24) is 20.6 Å². The highest BCUT2D eigenvalue weighted by atomic mass is 32.1. The van der Waals surface area contributed by atoms with Gasteiger partial charge >= 0.3 is 0 Å². The number of nitrogens with one attached hydrogen (secondary N) is 2. The van der Waals surface area contributed by atoms with Crippen molar-refractivity contribution in [2.45, 2.75) is 26.4 Å². The Morgan fingerprint density at radius 2 is 2.05 bits per heavy atom. The minimum absolute atomic E-state index is 0.690. The maximum absolute atomic E-state index is 4.37. The van der Waals surface area contributed by atoms with E-state index in [1.807, 2.05) is 11.6 Å². The fourth-order valence-electron chi connectivity index (χ4n) is 1.47. The maximum Gasteiger partial charge on any atom is 0.191 e. The second kappa shape index (κ2) is 7.20. The zero-order chi connectivity index (χ0) is 13.5. The van der Waals surface area contributed by atoms with Crippen molar-refractivity contribution in [2.75, 3.05) is 7.05 Å². The molecule has 0 saturated heterocycles. The Morgan fingerprint density at radius 1 is 1.26 bits per heavy atom. The Balaban J connectivity index is 1.79. The summed E-state index contributed by atoms with van der Waals surface area (Å²) in [4.78, 5) is 14.1. The van der Waals surface area contributed by atoms with Crippen LogP contribution in [0.1, 0.15) is 21.8 Å². The Morgan fingerprint density at radius 3 is 2.63 bits per heavy atom. The Bertz CT molecular complexity index is 518. The van der Waals surface area contributed by atoms with Crippen LogP contribution in [0.2, 0.25) is 0 Å². The van der Waals surface area contributed by atoms with E-state index < -0.39 is 0 Å². The van der Waals surface area contributed by atoms with Gasteiger partial charge in [-0.2, -0.15) is 0 Å². The van der Waals surface area contributed by atoms with Crippen molar-refractivity contribution >= 4 is 28.6 Å². The number of thiazole rings is 2. The molecule has 102 valence electrons. The first-order valence-electron chi connectivity index (χ1n) is 6.08. The molecule has 0 aliphatic carbocycles. The first kappa shape index (κ1) is 14.0. The third kappa shape index (κ3) is 4.29. The zero-order valence-corrected chi connectivity index (χ0v) is 12.6. The van der Waals surface area contributed by atoms with Crippen LogP contribution in [-0.4, -0.2) is 23.0 Å². The fraction of sp³-hybridized carbons (Fsp3) is 0.417. The number of hydrogen-bond donors (Lipinski definition) is 2. The summed E-state index contributed by atoms with van der Waals surface area (Å²) in [5.74, 6) is 0.767. The Kier molecular flexibility index (Phi) is 5.29. The van der Waals surface area contributed by atoms with Gasteiger partial charge in [0.1, 0.15) is 10.0 Å². The molecule has 2 heterocycles.